The number of hydrogen-bond acceptors (Lipinski definition) is 5. The highest BCUT2D eigenvalue weighted by molar-refractivity contribution is 5.78. The van der Waals surface area contributed by atoms with Crippen LogP contribution in [-0.2, 0) is 16.1 Å². The summed E-state index contributed by atoms with van der Waals surface area (Å²) in [5.41, 5.74) is 1.17. The number of carbonyl (C=O) groups excluding carboxylic acids is 1. The fourth-order valence-electron chi connectivity index (χ4n) is 3.55. The van der Waals surface area contributed by atoms with E-state index in [2.05, 4.69) is 5.32 Å². The lowest BCUT2D eigenvalue weighted by Crippen LogP contribution is -2.43. The molecule has 0 bridgehead atoms. The number of amides is 1. The maximum absolute atomic E-state index is 12.2. The molecule has 1 aliphatic heterocycles. The summed E-state index contributed by atoms with van der Waals surface area (Å²) in [6.07, 6.45) is 6.54. The van der Waals surface area contributed by atoms with Crippen molar-refractivity contribution in [1.82, 2.24) is 10.2 Å². The zero-order valence-electron chi connectivity index (χ0n) is 15.7. The Morgan fingerprint density at radius 2 is 1.96 bits per heavy atom. The predicted octanol–water partition coefficient (Wildman–Crippen LogP) is 2.36. The summed E-state index contributed by atoms with van der Waals surface area (Å²) in [5, 5.41) is 3.63. The highest BCUT2D eigenvalue weighted by atomic mass is 16.5. The van der Waals surface area contributed by atoms with Gasteiger partial charge in [-0.3, -0.25) is 4.79 Å². The number of morpholine rings is 1. The molecule has 6 heteroatoms. The molecule has 1 N–H and O–H groups in total. The molecule has 3 rings (SSSR count). The van der Waals surface area contributed by atoms with Gasteiger partial charge >= 0.3 is 0 Å². The van der Waals surface area contributed by atoms with Gasteiger partial charge in [-0.15, -0.1) is 0 Å². The van der Waals surface area contributed by atoms with Crippen LogP contribution in [0.1, 0.15) is 37.7 Å². The number of benzene rings is 1. The Kier molecular flexibility index (Phi) is 7.14. The molecule has 0 radical (unpaired) electrons. The molecule has 2 fully saturated rings. The molecular weight excluding hydrogens is 332 g/mol. The maximum Gasteiger partial charge on any atom is 0.260 e. The second-order valence-corrected chi connectivity index (χ2v) is 6.98. The van der Waals surface area contributed by atoms with E-state index in [1.54, 1.807) is 12.0 Å². The van der Waals surface area contributed by atoms with E-state index in [0.29, 0.717) is 43.8 Å². The molecule has 1 amide bonds. The van der Waals surface area contributed by atoms with Crippen molar-refractivity contribution in [3.05, 3.63) is 23.8 Å². The second kappa shape index (κ2) is 9.78. The van der Waals surface area contributed by atoms with Gasteiger partial charge in [-0.2, -0.15) is 0 Å². The third-order valence-electron chi connectivity index (χ3n) is 5.14. The van der Waals surface area contributed by atoms with Crippen LogP contribution in [0.5, 0.6) is 11.5 Å². The van der Waals surface area contributed by atoms with Crippen LogP contribution in [0.3, 0.4) is 0 Å². The largest absolute Gasteiger partial charge is 0.493 e. The van der Waals surface area contributed by atoms with Crippen LogP contribution < -0.4 is 14.8 Å². The summed E-state index contributed by atoms with van der Waals surface area (Å²) in [7, 11) is 1.63. The van der Waals surface area contributed by atoms with Crippen molar-refractivity contribution in [3.63, 3.8) is 0 Å². The summed E-state index contributed by atoms with van der Waals surface area (Å²) >= 11 is 0. The third kappa shape index (κ3) is 5.35. The average Bonchev–Trinajstić information content (AvgIpc) is 2.72. The van der Waals surface area contributed by atoms with E-state index in [-0.39, 0.29) is 12.5 Å². The summed E-state index contributed by atoms with van der Waals surface area (Å²) < 4.78 is 16.4. The Labute approximate surface area is 155 Å². The van der Waals surface area contributed by atoms with Gasteiger partial charge in [0.15, 0.2) is 18.1 Å². The van der Waals surface area contributed by atoms with Crippen molar-refractivity contribution in [1.29, 1.82) is 0 Å². The Bertz CT molecular complexity index is 581. The molecule has 0 aromatic heterocycles. The lowest BCUT2D eigenvalue weighted by molar-refractivity contribution is -0.137. The van der Waals surface area contributed by atoms with Gasteiger partial charge in [0.2, 0.25) is 0 Å². The Morgan fingerprint density at radius 1 is 1.19 bits per heavy atom. The van der Waals surface area contributed by atoms with Crippen molar-refractivity contribution < 1.29 is 19.0 Å². The van der Waals surface area contributed by atoms with Crippen LogP contribution in [0.4, 0.5) is 0 Å². The summed E-state index contributed by atoms with van der Waals surface area (Å²) in [5.74, 6) is 1.26. The number of hydrogen-bond donors (Lipinski definition) is 1. The van der Waals surface area contributed by atoms with Crippen molar-refractivity contribution in [2.45, 2.75) is 44.7 Å². The molecule has 2 aliphatic rings. The van der Waals surface area contributed by atoms with Gasteiger partial charge in [0, 0.05) is 25.7 Å². The van der Waals surface area contributed by atoms with Crippen LogP contribution in [0, 0.1) is 0 Å². The zero-order valence-corrected chi connectivity index (χ0v) is 15.7. The van der Waals surface area contributed by atoms with E-state index >= 15 is 0 Å². The Hall–Kier alpha value is -1.79. The number of methoxy groups -OCH3 is 1. The maximum atomic E-state index is 12.2. The molecule has 0 unspecified atom stereocenters. The number of carbonyl (C=O) groups is 1. The molecule has 0 spiro atoms. The molecule has 6 nitrogen and oxygen atoms in total. The van der Waals surface area contributed by atoms with Gasteiger partial charge in [0.1, 0.15) is 0 Å². The lowest BCUT2D eigenvalue weighted by atomic mass is 9.95. The smallest absolute Gasteiger partial charge is 0.260 e. The molecule has 1 aliphatic carbocycles. The van der Waals surface area contributed by atoms with E-state index < -0.39 is 0 Å². The van der Waals surface area contributed by atoms with E-state index in [4.69, 9.17) is 14.2 Å². The lowest BCUT2D eigenvalue weighted by Gasteiger charge is -2.26. The molecule has 1 aromatic carbocycles. The van der Waals surface area contributed by atoms with Gasteiger partial charge in [-0.25, -0.2) is 0 Å². The van der Waals surface area contributed by atoms with Crippen LogP contribution in [-0.4, -0.2) is 56.9 Å². The van der Waals surface area contributed by atoms with Crippen LogP contribution in [0.15, 0.2) is 18.2 Å². The van der Waals surface area contributed by atoms with Crippen LogP contribution in [0.2, 0.25) is 0 Å². The topological polar surface area (TPSA) is 60.0 Å². The van der Waals surface area contributed by atoms with Crippen molar-refractivity contribution in [2.24, 2.45) is 0 Å². The van der Waals surface area contributed by atoms with E-state index in [9.17, 15) is 4.79 Å². The summed E-state index contributed by atoms with van der Waals surface area (Å²) in [4.78, 5) is 14.0. The minimum Gasteiger partial charge on any atom is -0.493 e. The first-order valence-corrected chi connectivity index (χ1v) is 9.65. The van der Waals surface area contributed by atoms with Gasteiger partial charge in [-0.1, -0.05) is 25.3 Å². The SMILES string of the molecule is COc1cc(CNC2CCCCC2)ccc1OCC(=O)N1CCOCC1. The second-order valence-electron chi connectivity index (χ2n) is 6.98. The minimum atomic E-state index is -0.0154. The first-order chi connectivity index (χ1) is 12.8. The van der Waals surface area contributed by atoms with Crippen molar-refractivity contribution in [2.75, 3.05) is 40.0 Å². The standard InChI is InChI=1S/C20H30N2O4/c1-24-19-13-16(14-21-17-5-3-2-4-6-17)7-8-18(19)26-15-20(23)22-9-11-25-12-10-22/h7-8,13,17,21H,2-6,9-12,14-15H2,1H3. The Morgan fingerprint density at radius 3 is 2.69 bits per heavy atom. The molecule has 1 aromatic rings. The third-order valence-corrected chi connectivity index (χ3v) is 5.14. The fourth-order valence-corrected chi connectivity index (χ4v) is 3.55. The zero-order chi connectivity index (χ0) is 18.2. The van der Waals surface area contributed by atoms with E-state index in [1.807, 2.05) is 18.2 Å². The normalized spacial score (nSPS) is 18.6. The number of rotatable bonds is 7. The fraction of sp³-hybridized carbons (Fsp3) is 0.650. The predicted molar refractivity (Wildman–Crippen MR) is 99.6 cm³/mol. The van der Waals surface area contributed by atoms with Crippen molar-refractivity contribution >= 4 is 5.91 Å². The quantitative estimate of drug-likeness (QED) is 0.807. The molecule has 1 saturated carbocycles. The first kappa shape index (κ1) is 19.0. The summed E-state index contributed by atoms with van der Waals surface area (Å²) in [6.45, 7) is 3.30. The summed E-state index contributed by atoms with van der Waals surface area (Å²) in [6, 6.07) is 6.54. The van der Waals surface area contributed by atoms with E-state index in [1.165, 1.54) is 37.7 Å². The molecule has 1 saturated heterocycles. The number of nitrogens with one attached hydrogen (secondary N) is 1. The minimum absolute atomic E-state index is 0.0154. The van der Waals surface area contributed by atoms with Gasteiger partial charge in [0.05, 0.1) is 20.3 Å². The monoisotopic (exact) mass is 362 g/mol. The number of nitrogens with zero attached hydrogens (tertiary/aromatic N) is 1. The number of ether oxygens (including phenoxy) is 3. The molecular formula is C20H30N2O4. The molecule has 0 atom stereocenters. The van der Waals surface area contributed by atoms with Crippen LogP contribution >= 0.6 is 0 Å². The first-order valence-electron chi connectivity index (χ1n) is 9.65. The van der Waals surface area contributed by atoms with Crippen LogP contribution in [0.25, 0.3) is 0 Å². The van der Waals surface area contributed by atoms with Crippen molar-refractivity contribution in [3.8, 4) is 11.5 Å². The molecule has 144 valence electrons. The van der Waals surface area contributed by atoms with Gasteiger partial charge < -0.3 is 24.4 Å². The highest BCUT2D eigenvalue weighted by Crippen LogP contribution is 2.28. The van der Waals surface area contributed by atoms with Gasteiger partial charge in [0.25, 0.3) is 5.91 Å². The highest BCUT2D eigenvalue weighted by Gasteiger charge is 2.18. The Balaban J connectivity index is 1.51. The van der Waals surface area contributed by atoms with E-state index in [0.717, 1.165) is 6.54 Å². The molecule has 26 heavy (non-hydrogen) atoms. The average molecular weight is 362 g/mol. The van der Waals surface area contributed by atoms with Gasteiger partial charge in [-0.05, 0) is 30.5 Å². The molecule has 1 heterocycles.